The second kappa shape index (κ2) is 7.78. The molecule has 0 atom stereocenters. The Morgan fingerprint density at radius 1 is 1.39 bits per heavy atom. The Kier molecular flexibility index (Phi) is 6.31. The first-order chi connectivity index (χ1) is 8.65. The molecule has 0 radical (unpaired) electrons. The number of nitrogens with one attached hydrogen (secondary N) is 1. The number of nitro groups is 1. The second-order valence-electron chi connectivity index (χ2n) is 3.69. The molecule has 1 heterocycles. The van der Waals surface area contributed by atoms with Gasteiger partial charge < -0.3 is 10.4 Å². The maximum atomic E-state index is 10.7. The molecule has 100 valence electrons. The van der Waals surface area contributed by atoms with Crippen molar-refractivity contribution in [3.05, 3.63) is 21.6 Å². The summed E-state index contributed by atoms with van der Waals surface area (Å²) >= 11 is 5.59. The third kappa shape index (κ3) is 4.80. The summed E-state index contributed by atoms with van der Waals surface area (Å²) in [5, 5.41) is 22.2. The number of aliphatic hydroxyl groups excluding tert-OH is 1. The maximum Gasteiger partial charge on any atom is 0.329 e. The Bertz CT molecular complexity index is 403. The largest absolute Gasteiger partial charge is 0.396 e. The summed E-state index contributed by atoms with van der Waals surface area (Å²) in [4.78, 5) is 17.5. The monoisotopic (exact) mass is 274 g/mol. The molecule has 2 N–H and O–H groups in total. The molecule has 1 aromatic heterocycles. The van der Waals surface area contributed by atoms with Gasteiger partial charge in [0.25, 0.3) is 0 Å². The number of anilines is 1. The van der Waals surface area contributed by atoms with E-state index in [1.807, 2.05) is 0 Å². The maximum absolute atomic E-state index is 10.7. The highest BCUT2D eigenvalue weighted by molar-refractivity contribution is 6.28. The van der Waals surface area contributed by atoms with Crippen LogP contribution in [0.4, 0.5) is 11.5 Å². The molecule has 0 unspecified atom stereocenters. The van der Waals surface area contributed by atoms with Gasteiger partial charge in [0.1, 0.15) is 6.20 Å². The molecular weight excluding hydrogens is 260 g/mol. The van der Waals surface area contributed by atoms with Gasteiger partial charge in [-0.25, -0.2) is 4.98 Å². The summed E-state index contributed by atoms with van der Waals surface area (Å²) in [7, 11) is 0. The number of rotatable bonds is 8. The summed E-state index contributed by atoms with van der Waals surface area (Å²) in [5.41, 5.74) is -0.185. The van der Waals surface area contributed by atoms with Crippen LogP contribution in [0, 0.1) is 10.1 Å². The molecule has 18 heavy (non-hydrogen) atoms. The Morgan fingerprint density at radius 2 is 2.11 bits per heavy atom. The molecule has 0 amide bonds. The van der Waals surface area contributed by atoms with Crippen LogP contribution in [0.5, 0.6) is 0 Å². The molecule has 0 aliphatic heterocycles. The molecular formula is C10H15ClN4O3. The minimum atomic E-state index is -0.551. The fraction of sp³-hybridized carbons (Fsp3) is 0.600. The number of nitrogens with zero attached hydrogens (tertiary/aromatic N) is 3. The average Bonchev–Trinajstić information content (AvgIpc) is 2.33. The van der Waals surface area contributed by atoms with Crippen molar-refractivity contribution in [1.82, 2.24) is 9.97 Å². The Hall–Kier alpha value is -1.47. The molecule has 0 aliphatic rings. The summed E-state index contributed by atoms with van der Waals surface area (Å²) in [6, 6.07) is 0. The molecule has 0 saturated heterocycles. The van der Waals surface area contributed by atoms with Crippen LogP contribution < -0.4 is 5.32 Å². The molecule has 8 heteroatoms. The normalized spacial score (nSPS) is 10.3. The first kappa shape index (κ1) is 14.6. The number of hydrogen-bond acceptors (Lipinski definition) is 6. The zero-order valence-electron chi connectivity index (χ0n) is 9.80. The fourth-order valence-electron chi connectivity index (χ4n) is 1.41. The molecule has 0 bridgehead atoms. The van der Waals surface area contributed by atoms with Crippen molar-refractivity contribution in [2.24, 2.45) is 0 Å². The van der Waals surface area contributed by atoms with E-state index in [4.69, 9.17) is 16.7 Å². The summed E-state index contributed by atoms with van der Waals surface area (Å²) in [6.45, 7) is 0.764. The molecule has 0 saturated carbocycles. The van der Waals surface area contributed by atoms with Gasteiger partial charge in [-0.15, -0.1) is 0 Å². The zero-order valence-corrected chi connectivity index (χ0v) is 10.6. The first-order valence-electron chi connectivity index (χ1n) is 5.67. The quantitative estimate of drug-likeness (QED) is 0.325. The highest BCUT2D eigenvalue weighted by Crippen LogP contribution is 2.21. The van der Waals surface area contributed by atoms with Crippen LogP contribution in [0.2, 0.25) is 5.28 Å². The predicted molar refractivity (Wildman–Crippen MR) is 67.7 cm³/mol. The topological polar surface area (TPSA) is 101 Å². The number of unbranched alkanes of at least 4 members (excludes halogenated alkanes) is 3. The van der Waals surface area contributed by atoms with Crippen molar-refractivity contribution in [3.8, 4) is 0 Å². The Morgan fingerprint density at radius 3 is 2.78 bits per heavy atom. The van der Waals surface area contributed by atoms with Gasteiger partial charge in [-0.1, -0.05) is 12.8 Å². The average molecular weight is 275 g/mol. The van der Waals surface area contributed by atoms with Crippen LogP contribution in [0.25, 0.3) is 0 Å². The van der Waals surface area contributed by atoms with E-state index in [1.54, 1.807) is 0 Å². The lowest BCUT2D eigenvalue weighted by Crippen LogP contribution is -2.07. The number of aromatic nitrogens is 2. The van der Waals surface area contributed by atoms with Crippen molar-refractivity contribution in [1.29, 1.82) is 0 Å². The van der Waals surface area contributed by atoms with Gasteiger partial charge in [0.05, 0.1) is 4.92 Å². The minimum absolute atomic E-state index is 0.0246. The lowest BCUT2D eigenvalue weighted by molar-refractivity contribution is -0.384. The molecule has 1 aromatic rings. The van der Waals surface area contributed by atoms with Crippen molar-refractivity contribution >= 4 is 23.1 Å². The van der Waals surface area contributed by atoms with Crippen molar-refractivity contribution < 1.29 is 10.0 Å². The van der Waals surface area contributed by atoms with Crippen LogP contribution in [0.15, 0.2) is 6.20 Å². The van der Waals surface area contributed by atoms with E-state index in [0.717, 1.165) is 31.9 Å². The molecule has 0 fully saturated rings. The van der Waals surface area contributed by atoms with Crippen LogP contribution in [0.1, 0.15) is 25.7 Å². The summed E-state index contributed by atoms with van der Waals surface area (Å²) in [5.74, 6) is 0.141. The third-order valence-corrected chi connectivity index (χ3v) is 2.50. The first-order valence-corrected chi connectivity index (χ1v) is 6.04. The molecule has 1 rings (SSSR count). The smallest absolute Gasteiger partial charge is 0.329 e. The lowest BCUT2D eigenvalue weighted by atomic mass is 10.2. The number of aliphatic hydroxyl groups is 1. The highest BCUT2D eigenvalue weighted by atomic mass is 35.5. The van der Waals surface area contributed by atoms with Crippen LogP contribution in [0.3, 0.4) is 0 Å². The van der Waals surface area contributed by atoms with E-state index < -0.39 is 4.92 Å². The SMILES string of the molecule is O=[N+]([O-])c1cnc(Cl)nc1NCCCCCCO. The van der Waals surface area contributed by atoms with E-state index in [-0.39, 0.29) is 23.4 Å². The number of halogens is 1. The van der Waals surface area contributed by atoms with Gasteiger partial charge in [-0.05, 0) is 24.4 Å². The summed E-state index contributed by atoms with van der Waals surface area (Å²) in [6.07, 6.45) is 4.59. The Balaban J connectivity index is 2.45. The van der Waals surface area contributed by atoms with E-state index in [0.29, 0.717) is 6.54 Å². The molecule has 7 nitrogen and oxygen atoms in total. The summed E-state index contributed by atoms with van der Waals surface area (Å²) < 4.78 is 0. The Labute approximate surface area is 109 Å². The highest BCUT2D eigenvalue weighted by Gasteiger charge is 2.16. The van der Waals surface area contributed by atoms with Crippen molar-refractivity contribution in [2.75, 3.05) is 18.5 Å². The standard InChI is InChI=1S/C10H15ClN4O3/c11-10-13-7-8(15(17)18)9(14-10)12-5-3-1-2-4-6-16/h7,16H,1-6H2,(H,12,13,14). The lowest BCUT2D eigenvalue weighted by Gasteiger charge is -2.05. The van der Waals surface area contributed by atoms with Gasteiger partial charge in [0.2, 0.25) is 11.1 Å². The molecule has 0 aliphatic carbocycles. The van der Waals surface area contributed by atoms with E-state index in [1.165, 1.54) is 0 Å². The second-order valence-corrected chi connectivity index (χ2v) is 4.03. The van der Waals surface area contributed by atoms with Crippen molar-refractivity contribution in [2.45, 2.75) is 25.7 Å². The van der Waals surface area contributed by atoms with Crippen molar-refractivity contribution in [3.63, 3.8) is 0 Å². The fourth-order valence-corrected chi connectivity index (χ4v) is 1.55. The third-order valence-electron chi connectivity index (χ3n) is 2.31. The minimum Gasteiger partial charge on any atom is -0.396 e. The molecule has 0 aromatic carbocycles. The van der Waals surface area contributed by atoms with Gasteiger partial charge in [-0.3, -0.25) is 10.1 Å². The van der Waals surface area contributed by atoms with E-state index in [2.05, 4.69) is 15.3 Å². The van der Waals surface area contributed by atoms with Crippen LogP contribution in [-0.4, -0.2) is 33.1 Å². The van der Waals surface area contributed by atoms with Gasteiger partial charge in [0.15, 0.2) is 0 Å². The van der Waals surface area contributed by atoms with E-state index >= 15 is 0 Å². The number of hydrogen-bond donors (Lipinski definition) is 2. The van der Waals surface area contributed by atoms with Gasteiger partial charge in [-0.2, -0.15) is 4.98 Å². The van der Waals surface area contributed by atoms with Crippen LogP contribution >= 0.6 is 11.6 Å². The zero-order chi connectivity index (χ0) is 13.4. The van der Waals surface area contributed by atoms with Crippen LogP contribution in [-0.2, 0) is 0 Å². The molecule has 0 spiro atoms. The predicted octanol–water partition coefficient (Wildman–Crippen LogP) is 2.00. The van der Waals surface area contributed by atoms with Gasteiger partial charge in [0, 0.05) is 13.2 Å². The van der Waals surface area contributed by atoms with Gasteiger partial charge >= 0.3 is 5.69 Å². The van der Waals surface area contributed by atoms with E-state index in [9.17, 15) is 10.1 Å².